The van der Waals surface area contributed by atoms with Crippen molar-refractivity contribution in [1.29, 1.82) is 0 Å². The molecule has 1 aliphatic rings. The van der Waals surface area contributed by atoms with Crippen molar-refractivity contribution in [3.8, 4) is 0 Å². The van der Waals surface area contributed by atoms with E-state index in [4.69, 9.17) is 0 Å². The van der Waals surface area contributed by atoms with Gasteiger partial charge in [-0.1, -0.05) is 48.5 Å². The van der Waals surface area contributed by atoms with Crippen LogP contribution in [0.5, 0.6) is 0 Å². The fraction of sp³-hybridized carbons (Fsp3) is 0.391. The van der Waals surface area contributed by atoms with Crippen LogP contribution >= 0.6 is 0 Å². The lowest BCUT2D eigenvalue weighted by atomic mass is 9.96. The predicted octanol–water partition coefficient (Wildman–Crippen LogP) is 3.35. The maximum atomic E-state index is 13.0. The Balaban J connectivity index is 1.61. The molecule has 6 nitrogen and oxygen atoms in total. The summed E-state index contributed by atoms with van der Waals surface area (Å²) in [7, 11) is 4.00. The van der Waals surface area contributed by atoms with Crippen molar-refractivity contribution < 1.29 is 9.59 Å². The topological polar surface area (TPSA) is 64.7 Å². The summed E-state index contributed by atoms with van der Waals surface area (Å²) in [6.45, 7) is 1.83. The first-order valence-electron chi connectivity index (χ1n) is 10.1. The van der Waals surface area contributed by atoms with Gasteiger partial charge in [-0.05, 0) is 44.6 Å². The number of urea groups is 1. The highest BCUT2D eigenvalue weighted by Gasteiger charge is 2.30. The number of likely N-dealkylation sites (tertiary alicyclic amines) is 1. The molecule has 29 heavy (non-hydrogen) atoms. The normalized spacial score (nSPS) is 17.6. The Morgan fingerprint density at radius 3 is 2.38 bits per heavy atom. The van der Waals surface area contributed by atoms with Crippen molar-refractivity contribution in [2.75, 3.05) is 39.0 Å². The standard InChI is InChI=1S/C23H30N4O2/c1-26(2)17-21(18-10-5-3-6-11-18)25-22(28)19-12-9-15-27(16-19)23(29)24-20-13-7-4-8-14-20/h3-8,10-11,13-14,19,21H,9,12,15-17H2,1-2H3,(H,24,29)(H,25,28). The smallest absolute Gasteiger partial charge is 0.321 e. The molecule has 0 aliphatic carbocycles. The second kappa shape index (κ2) is 10.1. The number of hydrogen-bond acceptors (Lipinski definition) is 3. The SMILES string of the molecule is CN(C)CC(NC(=O)C1CCCN(C(=O)Nc2ccccc2)C1)c1ccccc1. The summed E-state index contributed by atoms with van der Waals surface area (Å²) in [5.41, 5.74) is 1.85. The Morgan fingerprint density at radius 2 is 1.72 bits per heavy atom. The van der Waals surface area contributed by atoms with Crippen molar-refractivity contribution >= 4 is 17.6 Å². The molecular formula is C23H30N4O2. The maximum Gasteiger partial charge on any atom is 0.321 e. The number of piperidine rings is 1. The third kappa shape index (κ3) is 6.06. The second-order valence-corrected chi connectivity index (χ2v) is 7.82. The number of anilines is 1. The van der Waals surface area contributed by atoms with Gasteiger partial charge in [0.05, 0.1) is 12.0 Å². The number of benzene rings is 2. The van der Waals surface area contributed by atoms with E-state index < -0.39 is 0 Å². The predicted molar refractivity (Wildman–Crippen MR) is 116 cm³/mol. The third-order valence-corrected chi connectivity index (χ3v) is 5.17. The largest absolute Gasteiger partial charge is 0.348 e. The van der Waals surface area contributed by atoms with Crippen molar-refractivity contribution in [2.24, 2.45) is 5.92 Å². The van der Waals surface area contributed by atoms with Gasteiger partial charge in [0.1, 0.15) is 0 Å². The lowest BCUT2D eigenvalue weighted by Crippen LogP contribution is -2.48. The molecule has 1 fully saturated rings. The van der Waals surface area contributed by atoms with E-state index in [1.165, 1.54) is 0 Å². The van der Waals surface area contributed by atoms with Gasteiger partial charge in [-0.25, -0.2) is 4.79 Å². The first-order chi connectivity index (χ1) is 14.0. The molecule has 0 spiro atoms. The Morgan fingerprint density at radius 1 is 1.07 bits per heavy atom. The monoisotopic (exact) mass is 394 g/mol. The first kappa shape index (κ1) is 20.9. The van der Waals surface area contributed by atoms with Crippen molar-refractivity contribution in [1.82, 2.24) is 15.1 Å². The lowest BCUT2D eigenvalue weighted by molar-refractivity contribution is -0.127. The molecule has 2 N–H and O–H groups in total. The van der Waals surface area contributed by atoms with Gasteiger partial charge >= 0.3 is 6.03 Å². The number of likely N-dealkylation sites (N-methyl/N-ethyl adjacent to an activating group) is 1. The Labute approximate surface area is 172 Å². The van der Waals surface area contributed by atoms with E-state index in [1.54, 1.807) is 4.90 Å². The molecule has 2 unspecified atom stereocenters. The molecule has 2 aromatic rings. The van der Waals surface area contributed by atoms with Gasteiger partial charge in [-0.2, -0.15) is 0 Å². The highest BCUT2D eigenvalue weighted by atomic mass is 16.2. The van der Waals surface area contributed by atoms with Crippen LogP contribution in [0.2, 0.25) is 0 Å². The zero-order valence-electron chi connectivity index (χ0n) is 17.2. The van der Waals surface area contributed by atoms with Crippen LogP contribution < -0.4 is 10.6 Å². The highest BCUT2D eigenvalue weighted by molar-refractivity contribution is 5.90. The number of hydrogen-bond donors (Lipinski definition) is 2. The number of rotatable bonds is 6. The molecule has 0 bridgehead atoms. The summed E-state index contributed by atoms with van der Waals surface area (Å²) < 4.78 is 0. The minimum atomic E-state index is -0.196. The van der Waals surface area contributed by atoms with E-state index in [1.807, 2.05) is 74.8 Å². The quantitative estimate of drug-likeness (QED) is 0.790. The summed E-state index contributed by atoms with van der Waals surface area (Å²) in [5, 5.41) is 6.12. The number of nitrogens with zero attached hydrogens (tertiary/aromatic N) is 2. The molecule has 1 saturated heterocycles. The van der Waals surface area contributed by atoms with Gasteiger partial charge < -0.3 is 20.4 Å². The van der Waals surface area contributed by atoms with Crippen LogP contribution in [0.4, 0.5) is 10.5 Å². The van der Waals surface area contributed by atoms with Gasteiger partial charge in [0.25, 0.3) is 0 Å². The number of amides is 3. The molecule has 2 atom stereocenters. The zero-order valence-corrected chi connectivity index (χ0v) is 17.2. The average molecular weight is 395 g/mol. The van der Waals surface area contributed by atoms with Crippen molar-refractivity contribution in [3.63, 3.8) is 0 Å². The number of para-hydroxylation sites is 1. The zero-order chi connectivity index (χ0) is 20.6. The van der Waals surface area contributed by atoms with E-state index in [-0.39, 0.29) is 23.9 Å². The summed E-state index contributed by atoms with van der Waals surface area (Å²) in [6, 6.07) is 19.2. The molecule has 3 amide bonds. The third-order valence-electron chi connectivity index (χ3n) is 5.17. The lowest BCUT2D eigenvalue weighted by Gasteiger charge is -2.33. The van der Waals surface area contributed by atoms with Crippen LogP contribution in [0.15, 0.2) is 60.7 Å². The first-order valence-corrected chi connectivity index (χ1v) is 10.1. The Hall–Kier alpha value is -2.86. The molecule has 1 aliphatic heterocycles. The van der Waals surface area contributed by atoms with Crippen LogP contribution in [0.1, 0.15) is 24.4 Å². The van der Waals surface area contributed by atoms with E-state index in [0.29, 0.717) is 13.1 Å². The molecular weight excluding hydrogens is 364 g/mol. The molecule has 2 aromatic carbocycles. The van der Waals surface area contributed by atoms with Gasteiger partial charge in [0.15, 0.2) is 0 Å². The fourth-order valence-electron chi connectivity index (χ4n) is 3.67. The molecule has 0 saturated carbocycles. The van der Waals surface area contributed by atoms with Crippen LogP contribution in [0.25, 0.3) is 0 Å². The van der Waals surface area contributed by atoms with E-state index in [9.17, 15) is 9.59 Å². The molecule has 1 heterocycles. The van der Waals surface area contributed by atoms with E-state index in [0.717, 1.165) is 30.6 Å². The minimum absolute atomic E-state index is 0.0120. The van der Waals surface area contributed by atoms with Gasteiger partial charge in [-0.15, -0.1) is 0 Å². The van der Waals surface area contributed by atoms with Gasteiger partial charge in [0, 0.05) is 25.3 Å². The Kier molecular flexibility index (Phi) is 7.25. The van der Waals surface area contributed by atoms with Crippen LogP contribution in [-0.4, -0.2) is 55.5 Å². The summed E-state index contributed by atoms with van der Waals surface area (Å²) in [6.07, 6.45) is 1.62. The number of carbonyl (C=O) groups excluding carboxylic acids is 2. The minimum Gasteiger partial charge on any atom is -0.348 e. The Bertz CT molecular complexity index is 795. The summed E-state index contributed by atoms with van der Waals surface area (Å²) in [5.74, 6) is -0.184. The highest BCUT2D eigenvalue weighted by Crippen LogP contribution is 2.20. The maximum absolute atomic E-state index is 13.0. The number of carbonyl (C=O) groups is 2. The molecule has 0 radical (unpaired) electrons. The van der Waals surface area contributed by atoms with Gasteiger partial charge in [0.2, 0.25) is 5.91 Å². The van der Waals surface area contributed by atoms with Crippen molar-refractivity contribution in [3.05, 3.63) is 66.2 Å². The van der Waals surface area contributed by atoms with Gasteiger partial charge in [-0.3, -0.25) is 4.79 Å². The van der Waals surface area contributed by atoms with Crippen LogP contribution in [0, 0.1) is 5.92 Å². The van der Waals surface area contributed by atoms with E-state index >= 15 is 0 Å². The van der Waals surface area contributed by atoms with Crippen LogP contribution in [0.3, 0.4) is 0 Å². The average Bonchev–Trinajstić information content (AvgIpc) is 2.74. The number of nitrogens with one attached hydrogen (secondary N) is 2. The molecule has 154 valence electrons. The van der Waals surface area contributed by atoms with Crippen molar-refractivity contribution in [2.45, 2.75) is 18.9 Å². The molecule has 6 heteroatoms. The van der Waals surface area contributed by atoms with E-state index in [2.05, 4.69) is 15.5 Å². The molecule has 3 rings (SSSR count). The second-order valence-electron chi connectivity index (χ2n) is 7.82. The molecule has 0 aromatic heterocycles. The fourth-order valence-corrected chi connectivity index (χ4v) is 3.67. The van der Waals surface area contributed by atoms with Crippen LogP contribution in [-0.2, 0) is 4.79 Å². The summed E-state index contributed by atoms with van der Waals surface area (Å²) >= 11 is 0. The summed E-state index contributed by atoms with van der Waals surface area (Å²) in [4.78, 5) is 29.4.